The quantitative estimate of drug-likeness (QED) is 0.308. The topological polar surface area (TPSA) is 64.0 Å². The first kappa shape index (κ1) is 21.2. The van der Waals surface area contributed by atoms with Gasteiger partial charge in [-0.2, -0.15) is 0 Å². The molecule has 0 saturated carbocycles. The second-order valence-electron chi connectivity index (χ2n) is 7.45. The van der Waals surface area contributed by atoms with Crippen molar-refractivity contribution in [3.05, 3.63) is 62.2 Å². The number of benzene rings is 1. The van der Waals surface area contributed by atoms with Crippen LogP contribution in [-0.4, -0.2) is 21.2 Å². The lowest BCUT2D eigenvalue weighted by molar-refractivity contribution is -0.113. The van der Waals surface area contributed by atoms with E-state index in [0.29, 0.717) is 22.4 Å². The molecule has 5 nitrogen and oxygen atoms in total. The third-order valence-electron chi connectivity index (χ3n) is 4.95. The Morgan fingerprint density at radius 1 is 1.33 bits per heavy atom. The van der Waals surface area contributed by atoms with Gasteiger partial charge in [-0.1, -0.05) is 47.6 Å². The Morgan fingerprint density at radius 3 is 2.87 bits per heavy atom. The number of anilines is 1. The van der Waals surface area contributed by atoms with Crippen LogP contribution in [0.4, 0.5) is 5.69 Å². The molecule has 1 amide bonds. The fourth-order valence-corrected chi connectivity index (χ4v) is 5.90. The van der Waals surface area contributed by atoms with Crippen molar-refractivity contribution in [1.29, 1.82) is 0 Å². The van der Waals surface area contributed by atoms with Crippen LogP contribution in [0.5, 0.6) is 0 Å². The SMILES string of the molecule is C=C(C)Cn1c(SCC(=O)Nc2ccccc2Cl)nc2sc3c(c2c1=O)CCCC3. The number of thiophene rings is 1. The fourth-order valence-electron chi connectivity index (χ4n) is 3.62. The third-order valence-corrected chi connectivity index (χ3v) is 7.44. The minimum atomic E-state index is -0.199. The number of aryl methyl sites for hydroxylation is 2. The second kappa shape index (κ2) is 8.96. The van der Waals surface area contributed by atoms with Crippen molar-refractivity contribution in [3.8, 4) is 0 Å². The number of carbonyl (C=O) groups excluding carboxylic acids is 1. The average molecular weight is 460 g/mol. The zero-order chi connectivity index (χ0) is 21.3. The van der Waals surface area contributed by atoms with Gasteiger partial charge in [-0.3, -0.25) is 14.2 Å². The predicted octanol–water partition coefficient (Wildman–Crippen LogP) is 5.30. The zero-order valence-electron chi connectivity index (χ0n) is 16.7. The van der Waals surface area contributed by atoms with Gasteiger partial charge in [0.1, 0.15) is 4.83 Å². The average Bonchev–Trinajstić information content (AvgIpc) is 3.09. The summed E-state index contributed by atoms with van der Waals surface area (Å²) in [6.07, 6.45) is 4.21. The molecule has 0 unspecified atom stereocenters. The van der Waals surface area contributed by atoms with Crippen molar-refractivity contribution in [2.45, 2.75) is 44.3 Å². The number of halogens is 1. The van der Waals surface area contributed by atoms with Gasteiger partial charge < -0.3 is 5.32 Å². The number of thioether (sulfide) groups is 1. The highest BCUT2D eigenvalue weighted by atomic mass is 35.5. The van der Waals surface area contributed by atoms with Crippen LogP contribution in [0, 0.1) is 0 Å². The first-order valence-electron chi connectivity index (χ1n) is 9.80. The van der Waals surface area contributed by atoms with E-state index < -0.39 is 0 Å². The van der Waals surface area contributed by atoms with Crippen molar-refractivity contribution >= 4 is 56.5 Å². The minimum Gasteiger partial charge on any atom is -0.324 e. The van der Waals surface area contributed by atoms with E-state index in [0.717, 1.165) is 41.5 Å². The number of para-hydroxylation sites is 1. The van der Waals surface area contributed by atoms with Gasteiger partial charge in [-0.15, -0.1) is 11.3 Å². The fraction of sp³-hybridized carbons (Fsp3) is 0.318. The molecule has 30 heavy (non-hydrogen) atoms. The van der Waals surface area contributed by atoms with Crippen LogP contribution in [0.15, 0.2) is 46.4 Å². The summed E-state index contributed by atoms with van der Waals surface area (Å²) in [5.41, 5.74) is 2.57. The molecular formula is C22H22ClN3O2S2. The van der Waals surface area contributed by atoms with Crippen molar-refractivity contribution in [2.24, 2.45) is 0 Å². The molecule has 3 aromatic rings. The van der Waals surface area contributed by atoms with E-state index in [4.69, 9.17) is 16.6 Å². The van der Waals surface area contributed by atoms with Gasteiger partial charge in [-0.05, 0) is 50.3 Å². The van der Waals surface area contributed by atoms with Crippen molar-refractivity contribution < 1.29 is 4.79 Å². The molecule has 1 aromatic carbocycles. The molecule has 0 spiro atoms. The Hall–Kier alpha value is -2.09. The number of allylic oxidation sites excluding steroid dienone is 1. The van der Waals surface area contributed by atoms with Gasteiger partial charge >= 0.3 is 0 Å². The molecule has 4 rings (SSSR count). The molecule has 8 heteroatoms. The van der Waals surface area contributed by atoms with E-state index in [9.17, 15) is 9.59 Å². The number of fused-ring (bicyclic) bond motifs is 3. The predicted molar refractivity (Wildman–Crippen MR) is 126 cm³/mol. The number of aromatic nitrogens is 2. The third kappa shape index (κ3) is 4.33. The molecule has 0 atom stereocenters. The highest BCUT2D eigenvalue weighted by Gasteiger charge is 2.22. The van der Waals surface area contributed by atoms with Gasteiger partial charge in [0.05, 0.1) is 21.8 Å². The molecule has 1 aliphatic rings. The van der Waals surface area contributed by atoms with Gasteiger partial charge in [0.2, 0.25) is 5.91 Å². The molecule has 0 saturated heterocycles. The van der Waals surface area contributed by atoms with Gasteiger partial charge in [-0.25, -0.2) is 4.98 Å². The summed E-state index contributed by atoms with van der Waals surface area (Å²) >= 11 is 8.99. The second-order valence-corrected chi connectivity index (χ2v) is 9.88. The highest BCUT2D eigenvalue weighted by Crippen LogP contribution is 2.34. The summed E-state index contributed by atoms with van der Waals surface area (Å²) < 4.78 is 1.65. The zero-order valence-corrected chi connectivity index (χ0v) is 19.1. The number of amides is 1. The molecule has 0 radical (unpaired) electrons. The first-order valence-corrected chi connectivity index (χ1v) is 12.0. The van der Waals surface area contributed by atoms with E-state index >= 15 is 0 Å². The van der Waals surface area contributed by atoms with Crippen molar-refractivity contribution in [3.63, 3.8) is 0 Å². The summed E-state index contributed by atoms with van der Waals surface area (Å²) in [5, 5.41) is 4.59. The molecular weight excluding hydrogens is 438 g/mol. The van der Waals surface area contributed by atoms with Crippen LogP contribution < -0.4 is 10.9 Å². The molecule has 2 heterocycles. The Kier molecular flexibility index (Phi) is 6.32. The molecule has 0 bridgehead atoms. The number of nitrogens with one attached hydrogen (secondary N) is 1. The lowest BCUT2D eigenvalue weighted by Crippen LogP contribution is -2.25. The first-order chi connectivity index (χ1) is 14.4. The Balaban J connectivity index is 1.64. The maximum atomic E-state index is 13.4. The monoisotopic (exact) mass is 459 g/mol. The normalized spacial score (nSPS) is 13.3. The summed E-state index contributed by atoms with van der Waals surface area (Å²) in [7, 11) is 0. The highest BCUT2D eigenvalue weighted by molar-refractivity contribution is 7.99. The minimum absolute atomic E-state index is 0.0311. The summed E-state index contributed by atoms with van der Waals surface area (Å²) in [6.45, 7) is 6.24. The van der Waals surface area contributed by atoms with Gasteiger partial charge in [0.25, 0.3) is 5.56 Å². The Bertz CT molecular complexity index is 1200. The molecule has 156 valence electrons. The summed E-state index contributed by atoms with van der Waals surface area (Å²) in [5.74, 6) is -0.0698. The lowest BCUT2D eigenvalue weighted by atomic mass is 9.97. The number of hydrogen-bond acceptors (Lipinski definition) is 5. The molecule has 1 N–H and O–H groups in total. The van der Waals surface area contributed by atoms with Crippen LogP contribution in [0.3, 0.4) is 0 Å². The summed E-state index contributed by atoms with van der Waals surface area (Å²) in [6, 6.07) is 7.10. The van der Waals surface area contributed by atoms with E-state index in [2.05, 4.69) is 11.9 Å². The Labute approximate surface area is 188 Å². The standard InChI is InChI=1S/C22H22ClN3O2S2/c1-13(2)11-26-21(28)19-14-7-3-6-10-17(14)30-20(19)25-22(26)29-12-18(27)24-16-9-5-4-8-15(16)23/h4-5,8-9H,1,3,6-7,10-12H2,2H3,(H,24,27). The number of hydrogen-bond donors (Lipinski definition) is 1. The van der Waals surface area contributed by atoms with E-state index in [1.807, 2.05) is 19.1 Å². The van der Waals surface area contributed by atoms with Crippen LogP contribution in [-0.2, 0) is 24.2 Å². The number of carbonyl (C=O) groups is 1. The smallest absolute Gasteiger partial charge is 0.263 e. The van der Waals surface area contributed by atoms with Crippen LogP contribution in [0.2, 0.25) is 5.02 Å². The van der Waals surface area contributed by atoms with Gasteiger partial charge in [0.15, 0.2) is 5.16 Å². The van der Waals surface area contributed by atoms with Crippen LogP contribution in [0.25, 0.3) is 10.2 Å². The van der Waals surface area contributed by atoms with Crippen molar-refractivity contribution in [2.75, 3.05) is 11.1 Å². The maximum Gasteiger partial charge on any atom is 0.263 e. The molecule has 0 aliphatic heterocycles. The van der Waals surface area contributed by atoms with Crippen LogP contribution >= 0.6 is 34.7 Å². The number of nitrogens with zero attached hydrogens (tertiary/aromatic N) is 2. The number of rotatable bonds is 6. The summed E-state index contributed by atoms with van der Waals surface area (Å²) in [4.78, 5) is 32.7. The van der Waals surface area contributed by atoms with Crippen LogP contribution in [0.1, 0.15) is 30.2 Å². The maximum absolute atomic E-state index is 13.4. The largest absolute Gasteiger partial charge is 0.324 e. The van der Waals surface area contributed by atoms with Crippen molar-refractivity contribution in [1.82, 2.24) is 9.55 Å². The van der Waals surface area contributed by atoms with E-state index in [-0.39, 0.29) is 17.2 Å². The van der Waals surface area contributed by atoms with E-state index in [1.165, 1.54) is 22.2 Å². The molecule has 2 aromatic heterocycles. The van der Waals surface area contributed by atoms with Gasteiger partial charge in [0, 0.05) is 11.4 Å². The molecule has 0 fully saturated rings. The van der Waals surface area contributed by atoms with E-state index in [1.54, 1.807) is 28.0 Å². The Morgan fingerprint density at radius 2 is 2.10 bits per heavy atom. The molecule has 1 aliphatic carbocycles. The lowest BCUT2D eigenvalue weighted by Gasteiger charge is -2.13.